The van der Waals surface area contributed by atoms with Crippen molar-refractivity contribution in [1.82, 2.24) is 14.4 Å². The van der Waals surface area contributed by atoms with Gasteiger partial charge in [-0.1, -0.05) is 26.0 Å². The molecule has 3 amide bonds. The fourth-order valence-electron chi connectivity index (χ4n) is 3.16. The van der Waals surface area contributed by atoms with E-state index in [1.165, 1.54) is 5.56 Å². The number of ether oxygens (including phenoxy) is 1. The molecule has 0 unspecified atom stereocenters. The zero-order valence-electron chi connectivity index (χ0n) is 18.6. The van der Waals surface area contributed by atoms with E-state index in [9.17, 15) is 9.59 Å². The SMILES string of the molecule is CCCN(CC(=O)N(CCOC)Cc1cccn1C)C(=O)Nc1ccc(CC)cc1. The number of benzene rings is 1. The van der Waals surface area contributed by atoms with Crippen LogP contribution in [0.25, 0.3) is 0 Å². The Labute approximate surface area is 179 Å². The van der Waals surface area contributed by atoms with E-state index < -0.39 is 0 Å². The van der Waals surface area contributed by atoms with Crippen LogP contribution in [-0.4, -0.2) is 59.7 Å². The Morgan fingerprint density at radius 1 is 1.07 bits per heavy atom. The average molecular weight is 415 g/mol. The van der Waals surface area contributed by atoms with Crippen molar-refractivity contribution in [1.29, 1.82) is 0 Å². The van der Waals surface area contributed by atoms with Crippen LogP contribution in [0.15, 0.2) is 42.6 Å². The van der Waals surface area contributed by atoms with Crippen LogP contribution in [0.4, 0.5) is 10.5 Å². The first-order chi connectivity index (χ1) is 14.5. The number of urea groups is 1. The third-order valence-electron chi connectivity index (χ3n) is 5.04. The molecule has 0 aliphatic heterocycles. The number of hydrogen-bond donors (Lipinski definition) is 1. The summed E-state index contributed by atoms with van der Waals surface area (Å²) in [5.41, 5.74) is 2.97. The van der Waals surface area contributed by atoms with E-state index in [1.54, 1.807) is 16.9 Å². The van der Waals surface area contributed by atoms with Crippen LogP contribution in [0.2, 0.25) is 0 Å². The Morgan fingerprint density at radius 3 is 2.37 bits per heavy atom. The van der Waals surface area contributed by atoms with Gasteiger partial charge < -0.3 is 24.4 Å². The fourth-order valence-corrected chi connectivity index (χ4v) is 3.16. The second kappa shape index (κ2) is 12.0. The van der Waals surface area contributed by atoms with Gasteiger partial charge in [0.15, 0.2) is 0 Å². The summed E-state index contributed by atoms with van der Waals surface area (Å²) in [5.74, 6) is -0.0989. The number of anilines is 1. The number of carbonyl (C=O) groups excluding carboxylic acids is 2. The van der Waals surface area contributed by atoms with Crippen LogP contribution < -0.4 is 5.32 Å². The number of amides is 3. The molecule has 0 bridgehead atoms. The Kier molecular flexibility index (Phi) is 9.41. The lowest BCUT2D eigenvalue weighted by Gasteiger charge is -2.27. The summed E-state index contributed by atoms with van der Waals surface area (Å²) in [5, 5.41) is 2.91. The highest BCUT2D eigenvalue weighted by atomic mass is 16.5. The van der Waals surface area contributed by atoms with E-state index in [0.717, 1.165) is 24.2 Å². The number of aromatic nitrogens is 1. The van der Waals surface area contributed by atoms with E-state index >= 15 is 0 Å². The molecule has 2 aromatic rings. The molecule has 30 heavy (non-hydrogen) atoms. The fraction of sp³-hybridized carbons (Fsp3) is 0.478. The number of methoxy groups -OCH3 is 1. The Bertz CT molecular complexity index is 801. The number of aryl methyl sites for hydroxylation is 2. The highest BCUT2D eigenvalue weighted by molar-refractivity contribution is 5.92. The summed E-state index contributed by atoms with van der Waals surface area (Å²) in [7, 11) is 3.57. The van der Waals surface area contributed by atoms with Crippen molar-refractivity contribution in [2.24, 2.45) is 7.05 Å². The number of hydrogen-bond acceptors (Lipinski definition) is 3. The van der Waals surface area contributed by atoms with Crippen LogP contribution >= 0.6 is 0 Å². The average Bonchev–Trinajstić information content (AvgIpc) is 3.15. The monoisotopic (exact) mass is 414 g/mol. The molecule has 1 aromatic carbocycles. The lowest BCUT2D eigenvalue weighted by atomic mass is 10.1. The molecular weight excluding hydrogens is 380 g/mol. The van der Waals surface area contributed by atoms with Gasteiger partial charge >= 0.3 is 6.03 Å². The molecule has 0 saturated heterocycles. The highest BCUT2D eigenvalue weighted by Gasteiger charge is 2.21. The summed E-state index contributed by atoms with van der Waals surface area (Å²) >= 11 is 0. The van der Waals surface area contributed by atoms with E-state index in [0.29, 0.717) is 26.2 Å². The normalized spacial score (nSPS) is 10.7. The molecule has 0 spiro atoms. The third kappa shape index (κ3) is 6.91. The molecule has 1 aromatic heterocycles. The van der Waals surface area contributed by atoms with E-state index in [-0.39, 0.29) is 18.5 Å². The molecular formula is C23H34N4O3. The minimum Gasteiger partial charge on any atom is -0.383 e. The van der Waals surface area contributed by atoms with Crippen molar-refractivity contribution in [3.8, 4) is 0 Å². The predicted octanol–water partition coefficient (Wildman–Crippen LogP) is 3.51. The zero-order valence-corrected chi connectivity index (χ0v) is 18.6. The molecule has 2 rings (SSSR count). The number of carbonyl (C=O) groups is 2. The van der Waals surface area contributed by atoms with E-state index in [1.807, 2.05) is 61.1 Å². The maximum atomic E-state index is 13.1. The van der Waals surface area contributed by atoms with Gasteiger partial charge in [-0.05, 0) is 42.7 Å². The molecule has 7 nitrogen and oxygen atoms in total. The summed E-state index contributed by atoms with van der Waals surface area (Å²) in [6.07, 6.45) is 3.67. The molecule has 164 valence electrons. The zero-order chi connectivity index (χ0) is 21.9. The quantitative estimate of drug-likeness (QED) is 0.612. The largest absolute Gasteiger partial charge is 0.383 e. The van der Waals surface area contributed by atoms with Gasteiger partial charge in [-0.25, -0.2) is 4.79 Å². The molecule has 1 N–H and O–H groups in total. The van der Waals surface area contributed by atoms with Crippen molar-refractivity contribution in [2.75, 3.05) is 38.7 Å². The minimum absolute atomic E-state index is 0.0286. The van der Waals surface area contributed by atoms with Gasteiger partial charge in [-0.2, -0.15) is 0 Å². The first-order valence-electron chi connectivity index (χ1n) is 10.5. The first kappa shape index (κ1) is 23.5. The van der Waals surface area contributed by atoms with Crippen LogP contribution in [0.3, 0.4) is 0 Å². The summed E-state index contributed by atoms with van der Waals surface area (Å²) < 4.78 is 7.17. The van der Waals surface area contributed by atoms with Gasteiger partial charge in [0, 0.05) is 44.8 Å². The maximum Gasteiger partial charge on any atom is 0.322 e. The molecule has 1 heterocycles. The lowest BCUT2D eigenvalue weighted by molar-refractivity contribution is -0.133. The highest BCUT2D eigenvalue weighted by Crippen LogP contribution is 2.12. The van der Waals surface area contributed by atoms with Gasteiger partial charge in [0.1, 0.15) is 6.54 Å². The van der Waals surface area contributed by atoms with Gasteiger partial charge in [0.2, 0.25) is 5.91 Å². The summed E-state index contributed by atoms with van der Waals surface area (Å²) in [4.78, 5) is 29.2. The summed E-state index contributed by atoms with van der Waals surface area (Å²) in [6.45, 7) is 6.01. The van der Waals surface area contributed by atoms with Crippen molar-refractivity contribution >= 4 is 17.6 Å². The summed E-state index contributed by atoms with van der Waals surface area (Å²) in [6, 6.07) is 11.5. The Balaban J connectivity index is 2.05. The molecule has 7 heteroatoms. The third-order valence-corrected chi connectivity index (χ3v) is 5.04. The molecule has 0 aliphatic carbocycles. The van der Waals surface area contributed by atoms with Gasteiger partial charge in [-0.3, -0.25) is 4.79 Å². The van der Waals surface area contributed by atoms with Crippen LogP contribution in [0.5, 0.6) is 0 Å². The molecule has 0 fully saturated rings. The maximum absolute atomic E-state index is 13.1. The minimum atomic E-state index is -0.264. The predicted molar refractivity (Wildman–Crippen MR) is 119 cm³/mol. The van der Waals surface area contributed by atoms with E-state index in [4.69, 9.17) is 4.74 Å². The first-order valence-corrected chi connectivity index (χ1v) is 10.5. The van der Waals surface area contributed by atoms with Crippen molar-refractivity contribution < 1.29 is 14.3 Å². The topological polar surface area (TPSA) is 66.8 Å². The molecule has 0 saturated carbocycles. The Morgan fingerprint density at radius 2 is 1.80 bits per heavy atom. The molecule has 0 aliphatic rings. The molecule has 0 radical (unpaired) electrons. The van der Waals surface area contributed by atoms with Crippen molar-refractivity contribution in [3.63, 3.8) is 0 Å². The van der Waals surface area contributed by atoms with Gasteiger partial charge in [-0.15, -0.1) is 0 Å². The second-order valence-electron chi connectivity index (χ2n) is 7.32. The number of nitrogens with zero attached hydrogens (tertiary/aromatic N) is 3. The smallest absolute Gasteiger partial charge is 0.322 e. The van der Waals surface area contributed by atoms with Crippen LogP contribution in [0, 0.1) is 0 Å². The van der Waals surface area contributed by atoms with Gasteiger partial charge in [0.05, 0.1) is 13.2 Å². The molecule has 0 atom stereocenters. The number of nitrogens with one attached hydrogen (secondary N) is 1. The van der Waals surface area contributed by atoms with Crippen LogP contribution in [0.1, 0.15) is 31.5 Å². The van der Waals surface area contributed by atoms with Gasteiger partial charge in [0.25, 0.3) is 0 Å². The Hall–Kier alpha value is -2.80. The van der Waals surface area contributed by atoms with Crippen molar-refractivity contribution in [2.45, 2.75) is 33.2 Å². The van der Waals surface area contributed by atoms with Crippen LogP contribution in [-0.2, 0) is 29.5 Å². The van der Waals surface area contributed by atoms with Crippen molar-refractivity contribution in [3.05, 3.63) is 53.9 Å². The van der Waals surface area contributed by atoms with E-state index in [2.05, 4.69) is 12.2 Å². The second-order valence-corrected chi connectivity index (χ2v) is 7.32. The lowest BCUT2D eigenvalue weighted by Crippen LogP contribution is -2.45. The number of rotatable bonds is 11. The standard InChI is InChI=1S/C23H34N4O3/c1-5-13-27(23(29)24-20-11-9-19(6-2)10-12-20)18-22(28)26(15-16-30-4)17-21-8-7-14-25(21)3/h7-12,14H,5-6,13,15-18H2,1-4H3,(H,24,29).